The van der Waals surface area contributed by atoms with Gasteiger partial charge in [0.05, 0.1) is 18.0 Å². The zero-order valence-corrected chi connectivity index (χ0v) is 13.7. The van der Waals surface area contributed by atoms with E-state index >= 15 is 0 Å². The molecule has 4 aromatic rings. The second-order valence-electron chi connectivity index (χ2n) is 5.78. The maximum Gasteiger partial charge on any atom is 0.157 e. The van der Waals surface area contributed by atoms with E-state index in [9.17, 15) is 9.50 Å². The lowest BCUT2D eigenvalue weighted by Crippen LogP contribution is -2.15. The number of fused-ring (bicyclic) bond motifs is 1. The number of aromatic nitrogens is 4. The number of halogens is 1. The first-order valence-corrected chi connectivity index (χ1v) is 8.14. The number of benzene rings is 1. The van der Waals surface area contributed by atoms with Crippen molar-refractivity contribution in [2.45, 2.75) is 6.10 Å². The Kier molecular flexibility index (Phi) is 4.28. The number of hydrogen-bond donors (Lipinski definition) is 2. The molecule has 0 aliphatic heterocycles. The molecule has 0 unspecified atom stereocenters. The van der Waals surface area contributed by atoms with Crippen LogP contribution >= 0.6 is 0 Å². The summed E-state index contributed by atoms with van der Waals surface area (Å²) in [6.45, 7) is 0.264. The fraction of sp³-hybridized carbons (Fsp3) is 0.105. The van der Waals surface area contributed by atoms with Gasteiger partial charge in [-0.15, -0.1) is 0 Å². The molecule has 4 rings (SSSR count). The lowest BCUT2D eigenvalue weighted by Gasteiger charge is -2.15. The molecule has 0 spiro atoms. The van der Waals surface area contributed by atoms with Crippen LogP contribution in [-0.2, 0) is 0 Å². The largest absolute Gasteiger partial charge is 0.387 e. The molecule has 1 atom stereocenters. The highest BCUT2D eigenvalue weighted by atomic mass is 19.1. The molecule has 2 N–H and O–H groups in total. The number of nitrogens with one attached hydrogen (secondary N) is 1. The van der Waals surface area contributed by atoms with Crippen LogP contribution < -0.4 is 5.32 Å². The maximum atomic E-state index is 14.1. The molecule has 130 valence electrons. The van der Waals surface area contributed by atoms with E-state index in [4.69, 9.17) is 0 Å². The van der Waals surface area contributed by atoms with Gasteiger partial charge in [0.15, 0.2) is 5.65 Å². The highest BCUT2D eigenvalue weighted by Crippen LogP contribution is 2.25. The van der Waals surface area contributed by atoms with Crippen LogP contribution in [0.4, 0.5) is 10.2 Å². The Balaban J connectivity index is 1.66. The van der Waals surface area contributed by atoms with Gasteiger partial charge in [-0.1, -0.05) is 12.1 Å². The van der Waals surface area contributed by atoms with Crippen LogP contribution in [0.5, 0.6) is 0 Å². The van der Waals surface area contributed by atoms with Gasteiger partial charge in [0.2, 0.25) is 0 Å². The van der Waals surface area contributed by atoms with Crippen molar-refractivity contribution in [3.05, 3.63) is 78.5 Å². The Bertz CT molecular complexity index is 1030. The first-order valence-electron chi connectivity index (χ1n) is 8.14. The molecular formula is C19H16FN5O. The van der Waals surface area contributed by atoms with Crippen LogP contribution in [0.2, 0.25) is 0 Å². The molecule has 0 fully saturated rings. The first-order chi connectivity index (χ1) is 12.7. The molecule has 0 aliphatic rings. The molecule has 0 saturated heterocycles. The topological polar surface area (TPSA) is 75.3 Å². The van der Waals surface area contributed by atoms with Crippen LogP contribution in [0.3, 0.4) is 0 Å². The Morgan fingerprint density at radius 1 is 1.08 bits per heavy atom. The predicted molar refractivity (Wildman–Crippen MR) is 96.1 cm³/mol. The fourth-order valence-corrected chi connectivity index (χ4v) is 2.75. The Labute approximate surface area is 149 Å². The zero-order chi connectivity index (χ0) is 17.9. The fourth-order valence-electron chi connectivity index (χ4n) is 2.75. The van der Waals surface area contributed by atoms with E-state index in [0.717, 1.165) is 5.56 Å². The van der Waals surface area contributed by atoms with Crippen LogP contribution in [0.15, 0.2) is 67.1 Å². The predicted octanol–water partition coefficient (Wildman–Crippen LogP) is 3.08. The summed E-state index contributed by atoms with van der Waals surface area (Å²) >= 11 is 0. The monoisotopic (exact) mass is 349 g/mol. The summed E-state index contributed by atoms with van der Waals surface area (Å²) in [5, 5.41) is 17.7. The van der Waals surface area contributed by atoms with Crippen molar-refractivity contribution < 1.29 is 9.50 Å². The minimum absolute atomic E-state index is 0.264. The van der Waals surface area contributed by atoms with E-state index in [-0.39, 0.29) is 12.4 Å². The number of pyridine rings is 1. The SMILES string of the molecule is O[C@H](CNc1cc(-c2ccccc2F)nc2ccnn12)c1ccncc1. The van der Waals surface area contributed by atoms with E-state index in [0.29, 0.717) is 22.7 Å². The van der Waals surface area contributed by atoms with Crippen LogP contribution in [0, 0.1) is 5.82 Å². The van der Waals surface area contributed by atoms with Crippen LogP contribution in [0.1, 0.15) is 11.7 Å². The van der Waals surface area contributed by atoms with Crippen LogP contribution in [0.25, 0.3) is 16.9 Å². The average molecular weight is 349 g/mol. The van der Waals surface area contributed by atoms with Crippen molar-refractivity contribution >= 4 is 11.5 Å². The lowest BCUT2D eigenvalue weighted by atomic mass is 10.1. The third-order valence-corrected chi connectivity index (χ3v) is 4.08. The standard InChI is InChI=1S/C19H16FN5O/c20-15-4-2-1-3-14(15)16-11-19(25-18(24-16)7-10-23-25)22-12-17(26)13-5-8-21-9-6-13/h1-11,17,22,26H,12H2/t17-/m1/s1. The van der Waals surface area contributed by atoms with E-state index in [1.165, 1.54) is 6.07 Å². The summed E-state index contributed by atoms with van der Waals surface area (Å²) in [5.41, 5.74) is 2.25. The first kappa shape index (κ1) is 16.2. The van der Waals surface area contributed by atoms with Crippen LogP contribution in [-0.4, -0.2) is 31.2 Å². The number of aliphatic hydroxyl groups is 1. The molecule has 3 aromatic heterocycles. The van der Waals surface area contributed by atoms with E-state index in [1.807, 2.05) is 0 Å². The number of aliphatic hydroxyl groups excluding tert-OH is 1. The Hall–Kier alpha value is -3.32. The number of nitrogens with zero attached hydrogens (tertiary/aromatic N) is 4. The van der Waals surface area contributed by atoms with Crippen molar-refractivity contribution in [1.82, 2.24) is 19.6 Å². The molecule has 0 radical (unpaired) electrons. The van der Waals surface area contributed by atoms with Gasteiger partial charge in [-0.05, 0) is 29.8 Å². The minimum Gasteiger partial charge on any atom is -0.387 e. The smallest absolute Gasteiger partial charge is 0.157 e. The lowest BCUT2D eigenvalue weighted by molar-refractivity contribution is 0.191. The molecule has 7 heteroatoms. The van der Waals surface area contributed by atoms with Gasteiger partial charge >= 0.3 is 0 Å². The molecule has 1 aromatic carbocycles. The average Bonchev–Trinajstić information content (AvgIpc) is 3.15. The van der Waals surface area contributed by atoms with Crippen molar-refractivity contribution in [3.63, 3.8) is 0 Å². The third kappa shape index (κ3) is 3.12. The molecule has 0 aliphatic carbocycles. The summed E-state index contributed by atoms with van der Waals surface area (Å²) in [6, 6.07) is 13.5. The van der Waals surface area contributed by atoms with Gasteiger partial charge in [0, 0.05) is 36.6 Å². The summed E-state index contributed by atoms with van der Waals surface area (Å²) in [4.78, 5) is 8.41. The molecule has 6 nitrogen and oxygen atoms in total. The van der Waals surface area contributed by atoms with Gasteiger partial charge in [-0.25, -0.2) is 9.37 Å². The maximum absolute atomic E-state index is 14.1. The van der Waals surface area contributed by atoms with Gasteiger partial charge in [0.25, 0.3) is 0 Å². The van der Waals surface area contributed by atoms with Gasteiger partial charge in [-0.3, -0.25) is 4.98 Å². The van der Waals surface area contributed by atoms with E-state index in [1.54, 1.807) is 65.6 Å². The molecule has 0 bridgehead atoms. The molecule has 0 amide bonds. The highest BCUT2D eigenvalue weighted by Gasteiger charge is 2.13. The number of hydrogen-bond acceptors (Lipinski definition) is 5. The molecule has 3 heterocycles. The molecule has 26 heavy (non-hydrogen) atoms. The Morgan fingerprint density at radius 2 is 1.88 bits per heavy atom. The normalized spacial score (nSPS) is 12.2. The molecule has 0 saturated carbocycles. The number of rotatable bonds is 5. The Morgan fingerprint density at radius 3 is 2.69 bits per heavy atom. The minimum atomic E-state index is -0.714. The van der Waals surface area contributed by atoms with Crippen molar-refractivity contribution in [2.24, 2.45) is 0 Å². The summed E-state index contributed by atoms with van der Waals surface area (Å²) in [5.74, 6) is 0.276. The van der Waals surface area contributed by atoms with Gasteiger partial charge < -0.3 is 10.4 Å². The van der Waals surface area contributed by atoms with Crippen molar-refractivity contribution in [2.75, 3.05) is 11.9 Å². The van der Waals surface area contributed by atoms with Gasteiger partial charge in [0.1, 0.15) is 11.6 Å². The highest BCUT2D eigenvalue weighted by molar-refractivity contribution is 5.66. The molecular weight excluding hydrogens is 333 g/mol. The second-order valence-corrected chi connectivity index (χ2v) is 5.78. The summed E-state index contributed by atoms with van der Waals surface area (Å²) in [7, 11) is 0. The van der Waals surface area contributed by atoms with E-state index < -0.39 is 6.10 Å². The number of anilines is 1. The summed E-state index contributed by atoms with van der Waals surface area (Å²) < 4.78 is 15.8. The second kappa shape index (κ2) is 6.89. The van der Waals surface area contributed by atoms with Gasteiger partial charge in [-0.2, -0.15) is 9.61 Å². The van der Waals surface area contributed by atoms with Crippen molar-refractivity contribution in [1.29, 1.82) is 0 Å². The zero-order valence-electron chi connectivity index (χ0n) is 13.7. The quantitative estimate of drug-likeness (QED) is 0.579. The summed E-state index contributed by atoms with van der Waals surface area (Å²) in [6.07, 6.45) is 4.17. The van der Waals surface area contributed by atoms with E-state index in [2.05, 4.69) is 20.4 Å². The van der Waals surface area contributed by atoms with Crippen molar-refractivity contribution in [3.8, 4) is 11.3 Å². The third-order valence-electron chi connectivity index (χ3n) is 4.08.